The second-order valence-electron chi connectivity index (χ2n) is 9.62. The highest BCUT2D eigenvalue weighted by atomic mass is 16.5. The summed E-state index contributed by atoms with van der Waals surface area (Å²) in [5, 5.41) is 12.1. The lowest BCUT2D eigenvalue weighted by Crippen LogP contribution is -2.44. The van der Waals surface area contributed by atoms with Crippen LogP contribution in [0.5, 0.6) is 11.5 Å². The Hall–Kier alpha value is -3.68. The maximum atomic E-state index is 12.8. The average Bonchev–Trinajstić information content (AvgIpc) is 2.87. The van der Waals surface area contributed by atoms with E-state index < -0.39 is 5.97 Å². The third-order valence-electron chi connectivity index (χ3n) is 6.19. The van der Waals surface area contributed by atoms with E-state index in [4.69, 9.17) is 9.84 Å². The molecular formula is C30H37N3O4. The van der Waals surface area contributed by atoms with Crippen LogP contribution in [0.25, 0.3) is 0 Å². The molecule has 0 saturated carbocycles. The number of carboxylic acids is 1. The monoisotopic (exact) mass is 503 g/mol. The van der Waals surface area contributed by atoms with Gasteiger partial charge in [-0.2, -0.15) is 0 Å². The smallest absolute Gasteiger partial charge is 0.335 e. The van der Waals surface area contributed by atoms with Crippen molar-refractivity contribution in [3.8, 4) is 11.5 Å². The number of carboxylic acid groups (broad SMARTS) is 1. The number of benzene rings is 3. The Bertz CT molecular complexity index is 1130. The van der Waals surface area contributed by atoms with E-state index in [-0.39, 0.29) is 17.5 Å². The first-order valence-corrected chi connectivity index (χ1v) is 12.6. The van der Waals surface area contributed by atoms with Crippen LogP contribution in [0.3, 0.4) is 0 Å². The second-order valence-corrected chi connectivity index (χ2v) is 9.62. The first-order valence-electron chi connectivity index (χ1n) is 12.6. The molecule has 0 unspecified atom stereocenters. The number of ether oxygens (including phenoxy) is 1. The minimum atomic E-state index is -0.922. The summed E-state index contributed by atoms with van der Waals surface area (Å²) in [6.45, 7) is 11.0. The van der Waals surface area contributed by atoms with Gasteiger partial charge in [0.05, 0.1) is 12.1 Å². The first-order chi connectivity index (χ1) is 17.7. The molecule has 3 rings (SSSR count). The maximum absolute atomic E-state index is 12.8. The molecule has 0 radical (unpaired) electrons. The molecule has 0 aromatic heterocycles. The van der Waals surface area contributed by atoms with Crippen LogP contribution in [0.2, 0.25) is 0 Å². The number of hydrogen-bond acceptors (Lipinski definition) is 5. The number of hydrogen-bond donors (Lipinski definition) is 2. The zero-order chi connectivity index (χ0) is 26.8. The van der Waals surface area contributed by atoms with Gasteiger partial charge in [0.1, 0.15) is 11.5 Å². The molecule has 0 aliphatic carbocycles. The lowest BCUT2D eigenvalue weighted by molar-refractivity contribution is -0.117. The summed E-state index contributed by atoms with van der Waals surface area (Å²) in [7, 11) is 0. The van der Waals surface area contributed by atoms with Crippen molar-refractivity contribution in [2.24, 2.45) is 0 Å². The van der Waals surface area contributed by atoms with E-state index in [2.05, 4.69) is 42.8 Å². The molecule has 0 saturated heterocycles. The van der Waals surface area contributed by atoms with Crippen molar-refractivity contribution in [2.45, 2.75) is 46.3 Å². The fourth-order valence-corrected chi connectivity index (χ4v) is 3.90. The average molecular weight is 504 g/mol. The van der Waals surface area contributed by atoms with E-state index >= 15 is 0 Å². The van der Waals surface area contributed by atoms with E-state index in [0.29, 0.717) is 24.9 Å². The largest absolute Gasteiger partial charge is 0.478 e. The summed E-state index contributed by atoms with van der Waals surface area (Å²) >= 11 is 0. The summed E-state index contributed by atoms with van der Waals surface area (Å²) in [5.41, 5.74) is 2.07. The zero-order valence-corrected chi connectivity index (χ0v) is 22.1. The van der Waals surface area contributed by atoms with Crippen LogP contribution in [0.4, 0.5) is 5.69 Å². The van der Waals surface area contributed by atoms with Gasteiger partial charge in [-0.1, -0.05) is 30.3 Å². The van der Waals surface area contributed by atoms with Gasteiger partial charge in [0, 0.05) is 37.4 Å². The number of para-hydroxylation sites is 1. The van der Waals surface area contributed by atoms with E-state index in [9.17, 15) is 9.59 Å². The van der Waals surface area contributed by atoms with E-state index in [1.165, 1.54) is 0 Å². The van der Waals surface area contributed by atoms with Crippen LogP contribution >= 0.6 is 0 Å². The molecule has 2 N–H and O–H groups in total. The molecule has 0 bridgehead atoms. The fraction of sp³-hybridized carbons (Fsp3) is 0.333. The highest BCUT2D eigenvalue weighted by Gasteiger charge is 2.18. The van der Waals surface area contributed by atoms with Crippen molar-refractivity contribution >= 4 is 17.6 Å². The zero-order valence-electron chi connectivity index (χ0n) is 22.1. The Balaban J connectivity index is 1.52. The molecule has 37 heavy (non-hydrogen) atoms. The Labute approximate surface area is 219 Å². The van der Waals surface area contributed by atoms with Crippen LogP contribution in [-0.2, 0) is 11.3 Å². The first kappa shape index (κ1) is 27.9. The molecule has 0 spiro atoms. The van der Waals surface area contributed by atoms with Crippen LogP contribution in [-0.4, -0.2) is 58.5 Å². The topological polar surface area (TPSA) is 82.1 Å². The Morgan fingerprint density at radius 3 is 1.92 bits per heavy atom. The lowest BCUT2D eigenvalue weighted by atomic mass is 10.1. The maximum Gasteiger partial charge on any atom is 0.335 e. The number of carbonyl (C=O) groups excluding carboxylic acids is 1. The quantitative estimate of drug-likeness (QED) is 0.310. The molecule has 0 atom stereocenters. The van der Waals surface area contributed by atoms with E-state index in [1.807, 2.05) is 66.7 Å². The van der Waals surface area contributed by atoms with Crippen molar-refractivity contribution < 1.29 is 19.4 Å². The molecule has 0 aliphatic rings. The van der Waals surface area contributed by atoms with Gasteiger partial charge in [-0.3, -0.25) is 14.6 Å². The van der Waals surface area contributed by atoms with Crippen molar-refractivity contribution in [1.29, 1.82) is 0 Å². The molecule has 0 fully saturated rings. The predicted octanol–water partition coefficient (Wildman–Crippen LogP) is 5.74. The molecular weight excluding hydrogens is 466 g/mol. The number of aromatic carboxylic acids is 1. The third-order valence-corrected chi connectivity index (χ3v) is 6.19. The third kappa shape index (κ3) is 9.04. The van der Waals surface area contributed by atoms with Gasteiger partial charge in [-0.05, 0) is 81.8 Å². The summed E-state index contributed by atoms with van der Waals surface area (Å²) in [4.78, 5) is 28.4. The van der Waals surface area contributed by atoms with Gasteiger partial charge in [0.15, 0.2) is 0 Å². The number of amides is 1. The SMILES string of the molecule is CC(C)N(CCN(Cc1ccc(C(=O)O)cc1)C(C)C)CC(=O)Nc1ccc(Oc2ccccc2)cc1. The Morgan fingerprint density at radius 2 is 1.35 bits per heavy atom. The molecule has 0 heterocycles. The lowest BCUT2D eigenvalue weighted by Gasteiger charge is -2.32. The Morgan fingerprint density at radius 1 is 0.784 bits per heavy atom. The minimum Gasteiger partial charge on any atom is -0.478 e. The van der Waals surface area contributed by atoms with Gasteiger partial charge in [0.25, 0.3) is 0 Å². The number of anilines is 1. The highest BCUT2D eigenvalue weighted by Crippen LogP contribution is 2.22. The normalized spacial score (nSPS) is 11.4. The van der Waals surface area contributed by atoms with Crippen molar-refractivity contribution in [3.63, 3.8) is 0 Å². The van der Waals surface area contributed by atoms with Crippen LogP contribution in [0, 0.1) is 0 Å². The van der Waals surface area contributed by atoms with Crippen molar-refractivity contribution in [3.05, 3.63) is 90.0 Å². The molecule has 7 heteroatoms. The van der Waals surface area contributed by atoms with Crippen LogP contribution in [0.15, 0.2) is 78.9 Å². The van der Waals surface area contributed by atoms with Crippen LogP contribution in [0.1, 0.15) is 43.6 Å². The van der Waals surface area contributed by atoms with E-state index in [0.717, 1.165) is 30.1 Å². The number of nitrogens with one attached hydrogen (secondary N) is 1. The van der Waals surface area contributed by atoms with Crippen molar-refractivity contribution in [1.82, 2.24) is 9.80 Å². The number of carbonyl (C=O) groups is 2. The summed E-state index contributed by atoms with van der Waals surface area (Å²) in [5.74, 6) is 0.485. The summed E-state index contributed by atoms with van der Waals surface area (Å²) < 4.78 is 5.82. The van der Waals surface area contributed by atoms with Crippen molar-refractivity contribution in [2.75, 3.05) is 25.0 Å². The summed E-state index contributed by atoms with van der Waals surface area (Å²) in [6.07, 6.45) is 0. The van der Waals surface area contributed by atoms with Gasteiger partial charge in [-0.25, -0.2) is 4.79 Å². The predicted molar refractivity (Wildman–Crippen MR) is 147 cm³/mol. The highest BCUT2D eigenvalue weighted by molar-refractivity contribution is 5.92. The molecule has 0 aliphatic heterocycles. The second kappa shape index (κ2) is 13.6. The standard InChI is InChI=1S/C30H37N3O4/c1-22(2)32(20-24-10-12-25(13-11-24)30(35)36)18-19-33(23(3)4)21-29(34)31-26-14-16-28(17-15-26)37-27-8-6-5-7-9-27/h5-17,22-23H,18-21H2,1-4H3,(H,31,34)(H,35,36). The molecule has 1 amide bonds. The molecule has 3 aromatic carbocycles. The van der Waals surface area contributed by atoms with E-state index in [1.54, 1.807) is 12.1 Å². The number of nitrogens with zero attached hydrogens (tertiary/aromatic N) is 2. The van der Waals surface area contributed by atoms with Gasteiger partial charge < -0.3 is 15.2 Å². The van der Waals surface area contributed by atoms with Gasteiger partial charge in [0.2, 0.25) is 5.91 Å². The molecule has 196 valence electrons. The van der Waals surface area contributed by atoms with Crippen LogP contribution < -0.4 is 10.1 Å². The fourth-order valence-electron chi connectivity index (χ4n) is 3.90. The number of rotatable bonds is 13. The van der Waals surface area contributed by atoms with Gasteiger partial charge >= 0.3 is 5.97 Å². The minimum absolute atomic E-state index is 0.0641. The molecule has 7 nitrogen and oxygen atoms in total. The summed E-state index contributed by atoms with van der Waals surface area (Å²) in [6, 6.07) is 24.4. The molecule has 3 aromatic rings. The Kier molecular flexibility index (Phi) is 10.2. The van der Waals surface area contributed by atoms with Gasteiger partial charge in [-0.15, -0.1) is 0 Å².